The fourth-order valence-electron chi connectivity index (χ4n) is 3.00. The van der Waals surface area contributed by atoms with Crippen LogP contribution in [-0.4, -0.2) is 50.4 Å². The fraction of sp³-hybridized carbons (Fsp3) is 0.647. The highest BCUT2D eigenvalue weighted by molar-refractivity contribution is 5.30. The average molecular weight is 290 g/mol. The van der Waals surface area contributed by atoms with Gasteiger partial charge in [-0.15, -0.1) is 0 Å². The van der Waals surface area contributed by atoms with E-state index in [1.165, 1.54) is 18.4 Å². The summed E-state index contributed by atoms with van der Waals surface area (Å²) < 4.78 is 11.6. The van der Waals surface area contributed by atoms with Crippen molar-refractivity contribution >= 4 is 0 Å². The highest BCUT2D eigenvalue weighted by atomic mass is 16.5. The lowest BCUT2D eigenvalue weighted by atomic mass is 9.98. The summed E-state index contributed by atoms with van der Waals surface area (Å²) in [6.07, 6.45) is 2.86. The van der Waals surface area contributed by atoms with Crippen molar-refractivity contribution in [3.63, 3.8) is 0 Å². The van der Waals surface area contributed by atoms with Crippen LogP contribution in [0.5, 0.6) is 5.75 Å². The maximum atomic E-state index is 6.04. The summed E-state index contributed by atoms with van der Waals surface area (Å²) in [5, 5.41) is 3.60. The Balaban J connectivity index is 1.70. The van der Waals surface area contributed by atoms with Crippen LogP contribution < -0.4 is 10.1 Å². The van der Waals surface area contributed by atoms with Crippen LogP contribution in [0, 0.1) is 0 Å². The molecule has 1 aromatic rings. The van der Waals surface area contributed by atoms with Gasteiger partial charge in [0.1, 0.15) is 5.75 Å². The van der Waals surface area contributed by atoms with Gasteiger partial charge in [-0.3, -0.25) is 4.90 Å². The fourth-order valence-corrected chi connectivity index (χ4v) is 3.00. The lowest BCUT2D eigenvalue weighted by molar-refractivity contribution is -0.0615. The molecule has 1 N–H and O–H groups in total. The second-order valence-electron chi connectivity index (χ2n) is 6.02. The highest BCUT2D eigenvalue weighted by Crippen LogP contribution is 2.30. The number of rotatable bonds is 6. The Hall–Kier alpha value is -1.10. The van der Waals surface area contributed by atoms with Gasteiger partial charge in [0.25, 0.3) is 0 Å². The normalized spacial score (nSPS) is 26.8. The van der Waals surface area contributed by atoms with Crippen molar-refractivity contribution in [2.45, 2.75) is 38.0 Å². The molecule has 1 aromatic carbocycles. The Bertz CT molecular complexity index is 445. The van der Waals surface area contributed by atoms with Gasteiger partial charge in [0.15, 0.2) is 0 Å². The van der Waals surface area contributed by atoms with Gasteiger partial charge in [0.05, 0.1) is 25.4 Å². The predicted molar refractivity (Wildman–Crippen MR) is 83.7 cm³/mol. The molecule has 2 fully saturated rings. The van der Waals surface area contributed by atoms with E-state index in [1.807, 2.05) is 6.92 Å². The molecule has 1 saturated carbocycles. The maximum absolute atomic E-state index is 6.04. The SMILES string of the molecule is CCOc1ccc(C2C(CNC3CC3)OCCN2C)cc1. The number of benzene rings is 1. The predicted octanol–water partition coefficient (Wildman–Crippen LogP) is 2.21. The van der Waals surface area contributed by atoms with Crippen LogP contribution in [0.25, 0.3) is 0 Å². The number of ether oxygens (including phenoxy) is 2. The van der Waals surface area contributed by atoms with Gasteiger partial charge in [-0.1, -0.05) is 12.1 Å². The number of hydrogen-bond donors (Lipinski definition) is 1. The van der Waals surface area contributed by atoms with E-state index in [0.717, 1.165) is 31.5 Å². The third-order valence-electron chi connectivity index (χ3n) is 4.32. The number of morpholine rings is 1. The minimum atomic E-state index is 0.224. The molecule has 1 aliphatic heterocycles. The standard InChI is InChI=1S/C17H26N2O2/c1-3-20-15-8-4-13(5-9-15)17-16(12-18-14-6-7-14)21-11-10-19(17)2/h4-5,8-9,14,16-18H,3,6-7,10-12H2,1-2H3. The zero-order valence-electron chi connectivity index (χ0n) is 13.0. The van der Waals surface area contributed by atoms with Crippen molar-refractivity contribution in [1.29, 1.82) is 0 Å². The molecule has 0 amide bonds. The van der Waals surface area contributed by atoms with E-state index >= 15 is 0 Å². The minimum Gasteiger partial charge on any atom is -0.494 e. The largest absolute Gasteiger partial charge is 0.494 e. The number of likely N-dealkylation sites (N-methyl/N-ethyl adjacent to an activating group) is 1. The Morgan fingerprint density at radius 2 is 2.05 bits per heavy atom. The van der Waals surface area contributed by atoms with Gasteiger partial charge in [-0.25, -0.2) is 0 Å². The van der Waals surface area contributed by atoms with Crippen LogP contribution in [0.1, 0.15) is 31.4 Å². The van der Waals surface area contributed by atoms with E-state index in [2.05, 4.69) is 41.5 Å². The van der Waals surface area contributed by atoms with E-state index in [9.17, 15) is 0 Å². The Morgan fingerprint density at radius 3 is 2.71 bits per heavy atom. The molecule has 1 aliphatic carbocycles. The van der Waals surface area contributed by atoms with E-state index in [4.69, 9.17) is 9.47 Å². The van der Waals surface area contributed by atoms with E-state index < -0.39 is 0 Å². The van der Waals surface area contributed by atoms with Crippen LogP contribution in [0.15, 0.2) is 24.3 Å². The molecule has 0 bridgehead atoms. The smallest absolute Gasteiger partial charge is 0.119 e. The molecule has 116 valence electrons. The average Bonchev–Trinajstić information content (AvgIpc) is 3.31. The zero-order chi connectivity index (χ0) is 14.7. The van der Waals surface area contributed by atoms with Crippen molar-refractivity contribution in [2.75, 3.05) is 33.4 Å². The van der Waals surface area contributed by atoms with E-state index in [0.29, 0.717) is 12.6 Å². The molecule has 0 radical (unpaired) electrons. The minimum absolute atomic E-state index is 0.224. The highest BCUT2D eigenvalue weighted by Gasteiger charge is 2.32. The van der Waals surface area contributed by atoms with Gasteiger partial charge in [0, 0.05) is 19.1 Å². The molecule has 2 aliphatic rings. The lowest BCUT2D eigenvalue weighted by Crippen LogP contribution is -2.47. The Kier molecular flexibility index (Phi) is 4.78. The van der Waals surface area contributed by atoms with Gasteiger partial charge >= 0.3 is 0 Å². The molecule has 1 heterocycles. The summed E-state index contributed by atoms with van der Waals surface area (Å²) in [5.41, 5.74) is 1.31. The summed E-state index contributed by atoms with van der Waals surface area (Å²) in [6.45, 7) is 5.46. The maximum Gasteiger partial charge on any atom is 0.119 e. The topological polar surface area (TPSA) is 33.7 Å². The van der Waals surface area contributed by atoms with Crippen molar-refractivity contribution < 1.29 is 9.47 Å². The molecule has 4 nitrogen and oxygen atoms in total. The molecule has 4 heteroatoms. The summed E-state index contributed by atoms with van der Waals surface area (Å²) >= 11 is 0. The van der Waals surface area contributed by atoms with Gasteiger partial charge in [-0.2, -0.15) is 0 Å². The van der Waals surface area contributed by atoms with Crippen molar-refractivity contribution in [3.05, 3.63) is 29.8 Å². The molecule has 0 aromatic heterocycles. The second kappa shape index (κ2) is 6.77. The first-order chi connectivity index (χ1) is 10.3. The number of hydrogen-bond acceptors (Lipinski definition) is 4. The Labute approximate surface area is 127 Å². The van der Waals surface area contributed by atoms with Gasteiger partial charge in [-0.05, 0) is 44.5 Å². The first kappa shape index (κ1) is 14.8. The first-order valence-electron chi connectivity index (χ1n) is 8.06. The summed E-state index contributed by atoms with van der Waals surface area (Å²) in [4.78, 5) is 2.40. The molecule has 2 atom stereocenters. The van der Waals surface area contributed by atoms with Crippen LogP contribution in [0.4, 0.5) is 0 Å². The van der Waals surface area contributed by atoms with E-state index in [1.54, 1.807) is 0 Å². The van der Waals surface area contributed by atoms with Gasteiger partial charge < -0.3 is 14.8 Å². The molecule has 2 unspecified atom stereocenters. The molecular weight excluding hydrogens is 264 g/mol. The van der Waals surface area contributed by atoms with Crippen LogP contribution >= 0.6 is 0 Å². The lowest BCUT2D eigenvalue weighted by Gasteiger charge is -2.39. The molecule has 0 spiro atoms. The third-order valence-corrected chi connectivity index (χ3v) is 4.32. The summed E-state index contributed by atoms with van der Waals surface area (Å²) in [5.74, 6) is 0.938. The van der Waals surface area contributed by atoms with E-state index in [-0.39, 0.29) is 6.10 Å². The molecule has 3 rings (SSSR count). The van der Waals surface area contributed by atoms with Crippen molar-refractivity contribution in [1.82, 2.24) is 10.2 Å². The second-order valence-corrected chi connectivity index (χ2v) is 6.02. The van der Waals surface area contributed by atoms with Crippen LogP contribution in [0.3, 0.4) is 0 Å². The molecule has 21 heavy (non-hydrogen) atoms. The van der Waals surface area contributed by atoms with Crippen LogP contribution in [0.2, 0.25) is 0 Å². The monoisotopic (exact) mass is 290 g/mol. The van der Waals surface area contributed by atoms with Gasteiger partial charge in [0.2, 0.25) is 0 Å². The third kappa shape index (κ3) is 3.76. The number of nitrogens with zero attached hydrogens (tertiary/aromatic N) is 1. The number of nitrogens with one attached hydrogen (secondary N) is 1. The molecule has 1 saturated heterocycles. The molecular formula is C17H26N2O2. The summed E-state index contributed by atoms with van der Waals surface area (Å²) in [6, 6.07) is 9.51. The van der Waals surface area contributed by atoms with Crippen LogP contribution in [-0.2, 0) is 4.74 Å². The quantitative estimate of drug-likeness (QED) is 0.871. The van der Waals surface area contributed by atoms with Crippen molar-refractivity contribution in [2.24, 2.45) is 0 Å². The van der Waals surface area contributed by atoms with Crippen molar-refractivity contribution in [3.8, 4) is 5.75 Å². The zero-order valence-corrected chi connectivity index (χ0v) is 13.0. The summed E-state index contributed by atoms with van der Waals surface area (Å²) in [7, 11) is 2.19. The first-order valence-corrected chi connectivity index (χ1v) is 8.06. The Morgan fingerprint density at radius 1 is 1.29 bits per heavy atom.